The number of urea groups is 1. The molecule has 0 aliphatic heterocycles. The second-order valence-electron chi connectivity index (χ2n) is 5.87. The van der Waals surface area contributed by atoms with Gasteiger partial charge in [-0.05, 0) is 35.4 Å². The van der Waals surface area contributed by atoms with Crippen molar-refractivity contribution in [2.75, 3.05) is 12.4 Å². The highest BCUT2D eigenvalue weighted by atomic mass is 16.5. The van der Waals surface area contributed by atoms with Crippen LogP contribution in [-0.2, 0) is 13.1 Å². The van der Waals surface area contributed by atoms with Crippen LogP contribution < -0.4 is 20.7 Å². The van der Waals surface area contributed by atoms with Crippen LogP contribution in [0.2, 0.25) is 0 Å². The van der Waals surface area contributed by atoms with E-state index in [9.17, 15) is 9.59 Å². The Hall–Kier alpha value is -3.81. The number of anilines is 1. The summed E-state index contributed by atoms with van der Waals surface area (Å²) in [6, 6.07) is 13.7. The van der Waals surface area contributed by atoms with Crippen LogP contribution in [-0.4, -0.2) is 24.0 Å². The van der Waals surface area contributed by atoms with Crippen molar-refractivity contribution < 1.29 is 18.7 Å². The highest BCUT2D eigenvalue weighted by Crippen LogP contribution is 2.12. The van der Waals surface area contributed by atoms with Gasteiger partial charge in [0.1, 0.15) is 0 Å². The number of rotatable bonds is 7. The van der Waals surface area contributed by atoms with Crippen molar-refractivity contribution in [3.05, 3.63) is 77.9 Å². The summed E-state index contributed by atoms with van der Waals surface area (Å²) in [7, 11) is 1.55. The van der Waals surface area contributed by atoms with Gasteiger partial charge in [-0.1, -0.05) is 18.2 Å². The first-order valence-corrected chi connectivity index (χ1v) is 8.58. The summed E-state index contributed by atoms with van der Waals surface area (Å²) in [5.41, 5.74) is 2.41. The molecular formula is C20H20N4O4. The van der Waals surface area contributed by atoms with E-state index in [1.807, 2.05) is 18.2 Å². The quantitative estimate of drug-likeness (QED) is 0.584. The van der Waals surface area contributed by atoms with E-state index in [1.54, 1.807) is 43.6 Å². The standard InChI is InChI=1S/C20H20N4O4/c1-27-18-9-6-15(12-21-18)13-23-20(26)22-11-14-4-7-16(8-5-14)24-19(25)17-3-2-10-28-17/h2-10,12H,11,13H2,1H3,(H,24,25)(H2,22,23,26). The molecule has 8 nitrogen and oxygen atoms in total. The molecule has 144 valence electrons. The molecule has 0 atom stereocenters. The van der Waals surface area contributed by atoms with E-state index in [-0.39, 0.29) is 17.7 Å². The van der Waals surface area contributed by atoms with E-state index in [1.165, 1.54) is 6.26 Å². The number of pyridine rings is 1. The minimum Gasteiger partial charge on any atom is -0.481 e. The third-order valence-electron chi connectivity index (χ3n) is 3.87. The molecule has 1 aromatic carbocycles. The third-order valence-corrected chi connectivity index (χ3v) is 3.87. The molecule has 0 aliphatic rings. The molecule has 0 fully saturated rings. The van der Waals surface area contributed by atoms with Crippen molar-refractivity contribution in [1.29, 1.82) is 0 Å². The van der Waals surface area contributed by atoms with Gasteiger partial charge in [-0.25, -0.2) is 9.78 Å². The minimum absolute atomic E-state index is 0.245. The monoisotopic (exact) mass is 380 g/mol. The molecule has 3 N–H and O–H groups in total. The lowest BCUT2D eigenvalue weighted by Gasteiger charge is -2.09. The first-order chi connectivity index (χ1) is 13.6. The Bertz CT molecular complexity index is 906. The summed E-state index contributed by atoms with van der Waals surface area (Å²) < 4.78 is 10.0. The third kappa shape index (κ3) is 5.34. The van der Waals surface area contributed by atoms with Gasteiger partial charge in [0, 0.05) is 31.0 Å². The lowest BCUT2D eigenvalue weighted by molar-refractivity contribution is 0.0996. The van der Waals surface area contributed by atoms with E-state index in [0.29, 0.717) is 24.7 Å². The molecular weight excluding hydrogens is 360 g/mol. The highest BCUT2D eigenvalue weighted by molar-refractivity contribution is 6.02. The van der Waals surface area contributed by atoms with E-state index >= 15 is 0 Å². The zero-order valence-electron chi connectivity index (χ0n) is 15.3. The van der Waals surface area contributed by atoms with Gasteiger partial charge in [0.25, 0.3) is 5.91 Å². The Balaban J connectivity index is 1.42. The van der Waals surface area contributed by atoms with Gasteiger partial charge < -0.3 is 25.1 Å². The van der Waals surface area contributed by atoms with Crippen molar-refractivity contribution in [3.8, 4) is 5.88 Å². The maximum Gasteiger partial charge on any atom is 0.315 e. The van der Waals surface area contributed by atoms with E-state index in [0.717, 1.165) is 11.1 Å². The van der Waals surface area contributed by atoms with Crippen molar-refractivity contribution in [2.24, 2.45) is 0 Å². The summed E-state index contributed by atoms with van der Waals surface area (Å²) >= 11 is 0. The van der Waals surface area contributed by atoms with Gasteiger partial charge in [-0.2, -0.15) is 0 Å². The second kappa shape index (κ2) is 9.22. The Morgan fingerprint density at radius 3 is 2.32 bits per heavy atom. The molecule has 0 unspecified atom stereocenters. The topological polar surface area (TPSA) is 105 Å². The molecule has 0 saturated heterocycles. The average Bonchev–Trinajstić information content (AvgIpc) is 3.27. The van der Waals surface area contributed by atoms with Gasteiger partial charge in [-0.3, -0.25) is 4.79 Å². The number of benzene rings is 1. The van der Waals surface area contributed by atoms with Crippen molar-refractivity contribution in [1.82, 2.24) is 15.6 Å². The summed E-state index contributed by atoms with van der Waals surface area (Å²) in [6.45, 7) is 0.722. The fraction of sp³-hybridized carbons (Fsp3) is 0.150. The predicted molar refractivity (Wildman–Crippen MR) is 103 cm³/mol. The maximum atomic E-state index is 11.9. The van der Waals surface area contributed by atoms with Crippen LogP contribution >= 0.6 is 0 Å². The molecule has 8 heteroatoms. The maximum absolute atomic E-state index is 11.9. The van der Waals surface area contributed by atoms with Crippen LogP contribution in [0.25, 0.3) is 0 Å². The molecule has 2 aromatic heterocycles. The van der Waals surface area contributed by atoms with Crippen molar-refractivity contribution >= 4 is 17.6 Å². The predicted octanol–water partition coefficient (Wildman–Crippen LogP) is 2.93. The number of hydrogen-bond acceptors (Lipinski definition) is 5. The highest BCUT2D eigenvalue weighted by Gasteiger charge is 2.08. The summed E-state index contributed by atoms with van der Waals surface area (Å²) in [5.74, 6) is 0.453. The molecule has 2 heterocycles. The number of carbonyl (C=O) groups is 2. The molecule has 0 bridgehead atoms. The molecule has 3 rings (SSSR count). The molecule has 0 radical (unpaired) electrons. The molecule has 0 aliphatic carbocycles. The van der Waals surface area contributed by atoms with Gasteiger partial charge in [-0.15, -0.1) is 0 Å². The Morgan fingerprint density at radius 2 is 1.71 bits per heavy atom. The molecule has 3 amide bonds. The minimum atomic E-state index is -0.316. The van der Waals surface area contributed by atoms with Gasteiger partial charge >= 0.3 is 6.03 Å². The zero-order chi connectivity index (χ0) is 19.8. The number of nitrogens with zero attached hydrogens (tertiary/aromatic N) is 1. The summed E-state index contributed by atoms with van der Waals surface area (Å²) in [6.07, 6.45) is 3.09. The summed E-state index contributed by atoms with van der Waals surface area (Å²) in [5, 5.41) is 8.27. The fourth-order valence-corrected chi connectivity index (χ4v) is 2.37. The number of ether oxygens (including phenoxy) is 1. The number of methoxy groups -OCH3 is 1. The van der Waals surface area contributed by atoms with Crippen LogP contribution in [0.15, 0.2) is 65.4 Å². The van der Waals surface area contributed by atoms with Gasteiger partial charge in [0.15, 0.2) is 5.76 Å². The first kappa shape index (κ1) is 19.0. The number of nitrogens with one attached hydrogen (secondary N) is 3. The molecule has 0 spiro atoms. The Labute approximate surface area is 161 Å². The smallest absolute Gasteiger partial charge is 0.315 e. The Kier molecular flexibility index (Phi) is 6.25. The normalized spacial score (nSPS) is 10.2. The number of aromatic nitrogens is 1. The average molecular weight is 380 g/mol. The lowest BCUT2D eigenvalue weighted by Crippen LogP contribution is -2.34. The zero-order valence-corrected chi connectivity index (χ0v) is 15.3. The molecule has 0 saturated carbocycles. The van der Waals surface area contributed by atoms with Gasteiger partial charge in [0.2, 0.25) is 5.88 Å². The SMILES string of the molecule is COc1ccc(CNC(=O)NCc2ccc(NC(=O)c3ccco3)cc2)cn1. The first-order valence-electron chi connectivity index (χ1n) is 8.58. The van der Waals surface area contributed by atoms with Crippen LogP contribution in [0.4, 0.5) is 10.5 Å². The fourth-order valence-electron chi connectivity index (χ4n) is 2.37. The van der Waals surface area contributed by atoms with Crippen molar-refractivity contribution in [3.63, 3.8) is 0 Å². The largest absolute Gasteiger partial charge is 0.481 e. The van der Waals surface area contributed by atoms with Crippen LogP contribution in [0, 0.1) is 0 Å². The van der Waals surface area contributed by atoms with Crippen LogP contribution in [0.3, 0.4) is 0 Å². The number of carbonyl (C=O) groups excluding carboxylic acids is 2. The van der Waals surface area contributed by atoms with Crippen LogP contribution in [0.1, 0.15) is 21.7 Å². The lowest BCUT2D eigenvalue weighted by atomic mass is 10.2. The number of hydrogen-bond donors (Lipinski definition) is 3. The van der Waals surface area contributed by atoms with E-state index in [4.69, 9.17) is 9.15 Å². The van der Waals surface area contributed by atoms with E-state index < -0.39 is 0 Å². The van der Waals surface area contributed by atoms with Crippen molar-refractivity contribution in [2.45, 2.75) is 13.1 Å². The number of amides is 3. The van der Waals surface area contributed by atoms with Gasteiger partial charge in [0.05, 0.1) is 13.4 Å². The van der Waals surface area contributed by atoms with E-state index in [2.05, 4.69) is 20.9 Å². The summed E-state index contributed by atoms with van der Waals surface area (Å²) in [4.78, 5) is 27.9. The number of furan rings is 1. The van der Waals surface area contributed by atoms with Crippen LogP contribution in [0.5, 0.6) is 5.88 Å². The Morgan fingerprint density at radius 1 is 1.00 bits per heavy atom. The second-order valence-corrected chi connectivity index (χ2v) is 5.87. The molecule has 3 aromatic rings. The molecule has 28 heavy (non-hydrogen) atoms.